The molecule has 0 radical (unpaired) electrons. The fraction of sp³-hybridized carbons (Fsp3) is 0.462. The Morgan fingerprint density at radius 1 is 1.28 bits per heavy atom. The fourth-order valence-electron chi connectivity index (χ4n) is 2.16. The second-order valence-corrected chi connectivity index (χ2v) is 4.61. The average Bonchev–Trinajstić information content (AvgIpc) is 2.92. The number of aryl methyl sites for hydroxylation is 1. The van der Waals surface area contributed by atoms with E-state index in [1.165, 1.54) is 5.56 Å². The quantitative estimate of drug-likeness (QED) is 0.808. The van der Waals surface area contributed by atoms with Crippen molar-refractivity contribution in [1.82, 2.24) is 20.6 Å². The third-order valence-corrected chi connectivity index (χ3v) is 3.37. The first kappa shape index (κ1) is 12.7. The molecule has 2 rings (SSSR count). The SMILES string of the molecule is CC(CCc1ccccc1)C(CN)c1nn[nH]n1. The molecule has 5 nitrogen and oxygen atoms in total. The smallest absolute Gasteiger partial charge is 0.179 e. The Labute approximate surface area is 107 Å². The maximum Gasteiger partial charge on any atom is 0.179 e. The van der Waals surface area contributed by atoms with E-state index in [-0.39, 0.29) is 5.92 Å². The number of rotatable bonds is 6. The van der Waals surface area contributed by atoms with Crippen LogP contribution in [0, 0.1) is 5.92 Å². The number of hydrogen-bond acceptors (Lipinski definition) is 4. The summed E-state index contributed by atoms with van der Waals surface area (Å²) in [7, 11) is 0. The molecule has 0 amide bonds. The highest BCUT2D eigenvalue weighted by molar-refractivity contribution is 5.14. The predicted molar refractivity (Wildman–Crippen MR) is 69.9 cm³/mol. The van der Waals surface area contributed by atoms with Crippen molar-refractivity contribution in [3.05, 3.63) is 41.7 Å². The van der Waals surface area contributed by atoms with Gasteiger partial charge in [-0.05, 0) is 24.3 Å². The van der Waals surface area contributed by atoms with E-state index in [0.29, 0.717) is 12.5 Å². The molecular weight excluding hydrogens is 226 g/mol. The lowest BCUT2D eigenvalue weighted by molar-refractivity contribution is 0.419. The maximum absolute atomic E-state index is 5.81. The van der Waals surface area contributed by atoms with Crippen molar-refractivity contribution in [3.63, 3.8) is 0 Å². The molecule has 0 fully saturated rings. The highest BCUT2D eigenvalue weighted by atomic mass is 15.5. The Kier molecular flexibility index (Phi) is 4.41. The highest BCUT2D eigenvalue weighted by Crippen LogP contribution is 2.24. The number of hydrogen-bond donors (Lipinski definition) is 2. The monoisotopic (exact) mass is 245 g/mol. The van der Waals surface area contributed by atoms with E-state index in [4.69, 9.17) is 5.73 Å². The van der Waals surface area contributed by atoms with Gasteiger partial charge in [0.1, 0.15) is 0 Å². The van der Waals surface area contributed by atoms with Crippen LogP contribution in [0.2, 0.25) is 0 Å². The number of benzene rings is 1. The first-order chi connectivity index (χ1) is 8.81. The van der Waals surface area contributed by atoms with E-state index in [9.17, 15) is 0 Å². The average molecular weight is 245 g/mol. The minimum absolute atomic E-state index is 0.174. The molecule has 0 saturated carbocycles. The molecular formula is C13H19N5. The van der Waals surface area contributed by atoms with Crippen LogP contribution >= 0.6 is 0 Å². The van der Waals surface area contributed by atoms with Crippen molar-refractivity contribution in [1.29, 1.82) is 0 Å². The molecule has 0 bridgehead atoms. The first-order valence-corrected chi connectivity index (χ1v) is 6.28. The van der Waals surface area contributed by atoms with Crippen molar-refractivity contribution in [2.45, 2.75) is 25.7 Å². The van der Waals surface area contributed by atoms with Crippen LogP contribution in [-0.4, -0.2) is 27.2 Å². The zero-order chi connectivity index (χ0) is 12.8. The van der Waals surface area contributed by atoms with Crippen LogP contribution in [-0.2, 0) is 6.42 Å². The normalized spacial score (nSPS) is 14.3. The molecule has 0 spiro atoms. The molecule has 0 aliphatic carbocycles. The Morgan fingerprint density at radius 3 is 2.67 bits per heavy atom. The summed E-state index contributed by atoms with van der Waals surface area (Å²) in [5.74, 6) is 1.33. The second kappa shape index (κ2) is 6.26. The van der Waals surface area contributed by atoms with Gasteiger partial charge in [0, 0.05) is 12.5 Å². The topological polar surface area (TPSA) is 80.5 Å². The van der Waals surface area contributed by atoms with Crippen molar-refractivity contribution in [3.8, 4) is 0 Å². The lowest BCUT2D eigenvalue weighted by atomic mass is 9.88. The van der Waals surface area contributed by atoms with Gasteiger partial charge in [-0.1, -0.05) is 42.5 Å². The van der Waals surface area contributed by atoms with E-state index < -0.39 is 0 Å². The maximum atomic E-state index is 5.81. The van der Waals surface area contributed by atoms with Crippen molar-refractivity contribution in [2.24, 2.45) is 11.7 Å². The van der Waals surface area contributed by atoms with Gasteiger partial charge in [0.2, 0.25) is 0 Å². The van der Waals surface area contributed by atoms with Gasteiger partial charge in [-0.2, -0.15) is 5.21 Å². The number of nitrogens with zero attached hydrogens (tertiary/aromatic N) is 3. The lowest BCUT2D eigenvalue weighted by Crippen LogP contribution is -2.21. The standard InChI is InChI=1S/C13H19N5/c1-10(7-8-11-5-3-2-4-6-11)12(9-14)13-15-17-18-16-13/h2-6,10,12H,7-9,14H2,1H3,(H,15,16,17,18). The van der Waals surface area contributed by atoms with Crippen LogP contribution in [0.3, 0.4) is 0 Å². The van der Waals surface area contributed by atoms with Crippen LogP contribution < -0.4 is 5.73 Å². The van der Waals surface area contributed by atoms with Crippen molar-refractivity contribution in [2.75, 3.05) is 6.54 Å². The molecule has 0 aliphatic rings. The molecule has 1 aromatic carbocycles. The molecule has 5 heteroatoms. The third-order valence-electron chi connectivity index (χ3n) is 3.37. The minimum atomic E-state index is 0.174. The van der Waals surface area contributed by atoms with Gasteiger partial charge < -0.3 is 5.73 Å². The van der Waals surface area contributed by atoms with Crippen LogP contribution in [0.1, 0.15) is 30.7 Å². The van der Waals surface area contributed by atoms with E-state index in [2.05, 4.69) is 51.8 Å². The summed E-state index contributed by atoms with van der Waals surface area (Å²) in [6.07, 6.45) is 2.12. The van der Waals surface area contributed by atoms with Crippen LogP contribution in [0.25, 0.3) is 0 Å². The number of aromatic amines is 1. The molecule has 2 unspecified atom stereocenters. The molecule has 1 aromatic heterocycles. The summed E-state index contributed by atoms with van der Waals surface area (Å²) in [6.45, 7) is 2.74. The Morgan fingerprint density at radius 2 is 2.06 bits per heavy atom. The van der Waals surface area contributed by atoms with Gasteiger partial charge in [0.25, 0.3) is 0 Å². The number of nitrogens with two attached hydrogens (primary N) is 1. The summed E-state index contributed by atoms with van der Waals surface area (Å²) in [4.78, 5) is 0. The van der Waals surface area contributed by atoms with Crippen LogP contribution in [0.5, 0.6) is 0 Å². The molecule has 18 heavy (non-hydrogen) atoms. The number of tetrazole rings is 1. The molecule has 0 aliphatic heterocycles. The van der Waals surface area contributed by atoms with Gasteiger partial charge in [0.05, 0.1) is 0 Å². The highest BCUT2D eigenvalue weighted by Gasteiger charge is 2.21. The molecule has 96 valence electrons. The second-order valence-electron chi connectivity index (χ2n) is 4.61. The van der Waals surface area contributed by atoms with Crippen LogP contribution in [0.4, 0.5) is 0 Å². The number of H-pyrrole nitrogens is 1. The molecule has 2 atom stereocenters. The van der Waals surface area contributed by atoms with Crippen molar-refractivity contribution < 1.29 is 0 Å². The predicted octanol–water partition coefficient (Wildman–Crippen LogP) is 1.51. The van der Waals surface area contributed by atoms with Gasteiger partial charge in [-0.3, -0.25) is 0 Å². The van der Waals surface area contributed by atoms with E-state index >= 15 is 0 Å². The van der Waals surface area contributed by atoms with E-state index in [0.717, 1.165) is 18.7 Å². The summed E-state index contributed by atoms with van der Waals surface area (Å²) >= 11 is 0. The van der Waals surface area contributed by atoms with Gasteiger partial charge in [-0.15, -0.1) is 10.2 Å². The van der Waals surface area contributed by atoms with E-state index in [1.54, 1.807) is 0 Å². The minimum Gasteiger partial charge on any atom is -0.330 e. The summed E-state index contributed by atoms with van der Waals surface area (Å²) in [5.41, 5.74) is 7.17. The van der Waals surface area contributed by atoms with Crippen LogP contribution in [0.15, 0.2) is 30.3 Å². The first-order valence-electron chi connectivity index (χ1n) is 6.28. The molecule has 3 N–H and O–H groups in total. The van der Waals surface area contributed by atoms with Gasteiger partial charge in [0.15, 0.2) is 5.82 Å². The number of nitrogens with one attached hydrogen (secondary N) is 1. The molecule has 0 saturated heterocycles. The van der Waals surface area contributed by atoms with Gasteiger partial charge >= 0.3 is 0 Å². The summed E-state index contributed by atoms with van der Waals surface area (Å²) in [6, 6.07) is 10.5. The summed E-state index contributed by atoms with van der Waals surface area (Å²) < 4.78 is 0. The largest absolute Gasteiger partial charge is 0.330 e. The third kappa shape index (κ3) is 3.13. The van der Waals surface area contributed by atoms with E-state index in [1.807, 2.05) is 6.07 Å². The van der Waals surface area contributed by atoms with Gasteiger partial charge in [-0.25, -0.2) is 0 Å². The Balaban J connectivity index is 1.92. The molecule has 1 heterocycles. The zero-order valence-corrected chi connectivity index (χ0v) is 10.6. The Bertz CT molecular complexity index is 440. The number of aromatic nitrogens is 4. The lowest BCUT2D eigenvalue weighted by Gasteiger charge is -2.19. The summed E-state index contributed by atoms with van der Waals surface area (Å²) in [5, 5.41) is 14.2. The Hall–Kier alpha value is -1.75. The van der Waals surface area contributed by atoms with Crippen molar-refractivity contribution >= 4 is 0 Å². The fourth-order valence-corrected chi connectivity index (χ4v) is 2.16. The zero-order valence-electron chi connectivity index (χ0n) is 10.6. The molecule has 2 aromatic rings.